The molecule has 24 heavy (non-hydrogen) atoms. The highest BCUT2D eigenvalue weighted by Crippen LogP contribution is 2.32. The normalized spacial score (nSPS) is 16.2. The zero-order chi connectivity index (χ0) is 17.1. The number of halogens is 3. The monoisotopic (exact) mass is 388 g/mol. The van der Waals surface area contributed by atoms with Crippen LogP contribution < -0.4 is 0 Å². The molecule has 0 aromatic heterocycles. The van der Waals surface area contributed by atoms with Gasteiger partial charge in [0.2, 0.25) is 0 Å². The molecule has 0 heterocycles. The maximum absolute atomic E-state index is 14.7. The highest BCUT2D eigenvalue weighted by atomic mass is 79.9. The molecule has 0 N–H and O–H groups in total. The van der Waals surface area contributed by atoms with Crippen molar-refractivity contribution in [1.82, 2.24) is 0 Å². The average molecular weight is 389 g/mol. The Hall–Kier alpha value is -1.66. The minimum atomic E-state index is -0.548. The Labute approximate surface area is 150 Å². The van der Waals surface area contributed by atoms with Gasteiger partial charge >= 0.3 is 0 Å². The predicted molar refractivity (Wildman–Crippen MR) is 96.9 cm³/mol. The summed E-state index contributed by atoms with van der Waals surface area (Å²) in [7, 11) is 0. The minimum absolute atomic E-state index is 0.106. The Morgan fingerprint density at radius 3 is 2.62 bits per heavy atom. The summed E-state index contributed by atoms with van der Waals surface area (Å²) in [5, 5.41) is 0. The van der Waals surface area contributed by atoms with E-state index in [1.807, 2.05) is 24.3 Å². The SMILES string of the molecule is CCCC1CCc2c(cc(F)c(C#Cc3ccc(Br)cc3)c2F)C1. The van der Waals surface area contributed by atoms with E-state index in [0.29, 0.717) is 17.9 Å². The topological polar surface area (TPSA) is 0 Å². The maximum atomic E-state index is 14.7. The third-order valence-electron chi connectivity index (χ3n) is 4.60. The Balaban J connectivity index is 1.92. The van der Waals surface area contributed by atoms with Gasteiger partial charge in [-0.25, -0.2) is 8.78 Å². The second-order valence-electron chi connectivity index (χ2n) is 6.34. The molecule has 3 rings (SSSR count). The van der Waals surface area contributed by atoms with Crippen molar-refractivity contribution in [2.75, 3.05) is 0 Å². The van der Waals surface area contributed by atoms with E-state index in [-0.39, 0.29) is 5.56 Å². The van der Waals surface area contributed by atoms with Crippen molar-refractivity contribution in [3.63, 3.8) is 0 Å². The van der Waals surface area contributed by atoms with Crippen LogP contribution in [0.2, 0.25) is 0 Å². The van der Waals surface area contributed by atoms with Crippen molar-refractivity contribution < 1.29 is 8.78 Å². The zero-order valence-corrected chi connectivity index (χ0v) is 15.2. The summed E-state index contributed by atoms with van der Waals surface area (Å²) in [6, 6.07) is 8.85. The van der Waals surface area contributed by atoms with Crippen LogP contribution in [0.5, 0.6) is 0 Å². The van der Waals surface area contributed by atoms with Crippen LogP contribution >= 0.6 is 15.9 Å². The molecule has 1 aliphatic rings. The van der Waals surface area contributed by atoms with Gasteiger partial charge in [-0.1, -0.05) is 47.5 Å². The lowest BCUT2D eigenvalue weighted by Gasteiger charge is -2.25. The first kappa shape index (κ1) is 17.2. The van der Waals surface area contributed by atoms with Crippen LogP contribution in [-0.4, -0.2) is 0 Å². The van der Waals surface area contributed by atoms with Crippen LogP contribution in [0.15, 0.2) is 34.8 Å². The molecule has 0 aliphatic heterocycles. The number of benzene rings is 2. The molecule has 1 atom stereocenters. The molecule has 0 saturated carbocycles. The van der Waals surface area contributed by atoms with E-state index in [1.54, 1.807) is 0 Å². The van der Waals surface area contributed by atoms with Gasteiger partial charge in [-0.15, -0.1) is 0 Å². The summed E-state index contributed by atoms with van der Waals surface area (Å²) >= 11 is 3.35. The van der Waals surface area contributed by atoms with Crippen LogP contribution in [0.1, 0.15) is 48.4 Å². The van der Waals surface area contributed by atoms with Crippen molar-refractivity contribution in [2.24, 2.45) is 5.92 Å². The average Bonchev–Trinajstić information content (AvgIpc) is 2.56. The third kappa shape index (κ3) is 3.70. The molecular weight excluding hydrogens is 370 g/mol. The van der Waals surface area contributed by atoms with Gasteiger partial charge in [0.05, 0.1) is 5.56 Å². The first-order chi connectivity index (χ1) is 11.6. The van der Waals surface area contributed by atoms with Gasteiger partial charge in [0.15, 0.2) is 0 Å². The Morgan fingerprint density at radius 2 is 1.92 bits per heavy atom. The first-order valence-corrected chi connectivity index (χ1v) is 9.15. The molecule has 1 unspecified atom stereocenters. The third-order valence-corrected chi connectivity index (χ3v) is 5.12. The van der Waals surface area contributed by atoms with Gasteiger partial charge in [-0.3, -0.25) is 0 Å². The Bertz CT molecular complexity index is 797. The lowest BCUT2D eigenvalue weighted by molar-refractivity contribution is 0.411. The van der Waals surface area contributed by atoms with E-state index in [0.717, 1.165) is 41.3 Å². The molecule has 3 heteroatoms. The number of hydrogen-bond acceptors (Lipinski definition) is 0. The summed E-state index contributed by atoms with van der Waals surface area (Å²) in [5.74, 6) is 5.07. The number of hydrogen-bond donors (Lipinski definition) is 0. The highest BCUT2D eigenvalue weighted by Gasteiger charge is 2.24. The fourth-order valence-electron chi connectivity index (χ4n) is 3.36. The van der Waals surface area contributed by atoms with Gasteiger partial charge in [0.25, 0.3) is 0 Å². The molecule has 2 aromatic rings. The lowest BCUT2D eigenvalue weighted by Crippen LogP contribution is -2.17. The molecule has 0 bridgehead atoms. The standard InChI is InChI=1S/C21H19BrF2/c1-2-3-15-7-10-18-16(12-15)13-20(23)19(21(18)24)11-6-14-4-8-17(22)9-5-14/h4-5,8-9,13,15H,2-3,7,10,12H2,1H3. The predicted octanol–water partition coefficient (Wildman–Crippen LogP) is 6.03. The van der Waals surface area contributed by atoms with Gasteiger partial charge in [0, 0.05) is 10.0 Å². The summed E-state index contributed by atoms with van der Waals surface area (Å²) in [6.45, 7) is 2.15. The van der Waals surface area contributed by atoms with Gasteiger partial charge in [-0.05, 0) is 66.6 Å². The molecule has 0 radical (unpaired) electrons. The highest BCUT2D eigenvalue weighted by molar-refractivity contribution is 9.10. The lowest BCUT2D eigenvalue weighted by atomic mass is 9.81. The number of rotatable bonds is 2. The summed E-state index contributed by atoms with van der Waals surface area (Å²) < 4.78 is 30.1. The first-order valence-electron chi connectivity index (χ1n) is 8.35. The zero-order valence-electron chi connectivity index (χ0n) is 13.6. The van der Waals surface area contributed by atoms with Crippen LogP contribution in [0.25, 0.3) is 0 Å². The van der Waals surface area contributed by atoms with Crippen LogP contribution in [0.3, 0.4) is 0 Å². The van der Waals surface area contributed by atoms with E-state index in [1.165, 1.54) is 6.07 Å². The summed E-state index contributed by atoms with van der Waals surface area (Å²) in [4.78, 5) is 0. The van der Waals surface area contributed by atoms with Crippen molar-refractivity contribution in [3.8, 4) is 11.8 Å². The van der Waals surface area contributed by atoms with Crippen molar-refractivity contribution >= 4 is 15.9 Å². The second-order valence-corrected chi connectivity index (χ2v) is 7.26. The molecule has 0 nitrogen and oxygen atoms in total. The van der Waals surface area contributed by atoms with Crippen LogP contribution in [0.4, 0.5) is 8.78 Å². The Morgan fingerprint density at radius 1 is 1.17 bits per heavy atom. The quantitative estimate of drug-likeness (QED) is 0.550. The van der Waals surface area contributed by atoms with Crippen molar-refractivity contribution in [2.45, 2.75) is 39.0 Å². The molecule has 124 valence electrons. The van der Waals surface area contributed by atoms with Crippen LogP contribution in [-0.2, 0) is 12.8 Å². The van der Waals surface area contributed by atoms with Gasteiger partial charge < -0.3 is 0 Å². The Kier molecular flexibility index (Phi) is 5.36. The molecule has 1 aliphatic carbocycles. The second kappa shape index (κ2) is 7.49. The summed E-state index contributed by atoms with van der Waals surface area (Å²) in [5.41, 5.74) is 2.11. The van der Waals surface area contributed by atoms with E-state index in [4.69, 9.17) is 0 Å². The van der Waals surface area contributed by atoms with Gasteiger partial charge in [-0.2, -0.15) is 0 Å². The van der Waals surface area contributed by atoms with Crippen molar-refractivity contribution in [1.29, 1.82) is 0 Å². The molecular formula is C21H19BrF2. The number of fused-ring (bicyclic) bond motifs is 1. The molecule has 0 fully saturated rings. The maximum Gasteiger partial charge on any atom is 0.145 e. The van der Waals surface area contributed by atoms with E-state index >= 15 is 0 Å². The molecule has 2 aromatic carbocycles. The summed E-state index contributed by atoms with van der Waals surface area (Å²) in [6.07, 6.45) is 4.66. The largest absolute Gasteiger partial charge is 0.206 e. The van der Waals surface area contributed by atoms with Gasteiger partial charge in [0.1, 0.15) is 11.6 Å². The molecule has 0 spiro atoms. The smallest absolute Gasteiger partial charge is 0.145 e. The van der Waals surface area contributed by atoms with Crippen LogP contribution in [0, 0.1) is 29.4 Å². The minimum Gasteiger partial charge on any atom is -0.206 e. The van der Waals surface area contributed by atoms with E-state index < -0.39 is 11.6 Å². The molecule has 0 saturated heterocycles. The molecule has 0 amide bonds. The fraction of sp³-hybridized carbons (Fsp3) is 0.333. The fourth-order valence-corrected chi connectivity index (χ4v) is 3.62. The van der Waals surface area contributed by atoms with E-state index in [2.05, 4.69) is 34.7 Å². The van der Waals surface area contributed by atoms with E-state index in [9.17, 15) is 8.78 Å². The van der Waals surface area contributed by atoms with Crippen molar-refractivity contribution in [3.05, 3.63) is 68.7 Å².